The lowest BCUT2D eigenvalue weighted by atomic mass is 9.96. The third-order valence-electron chi connectivity index (χ3n) is 6.32. The summed E-state index contributed by atoms with van der Waals surface area (Å²) in [6, 6.07) is 6.11. The molecule has 0 saturated carbocycles. The van der Waals surface area contributed by atoms with Crippen LogP contribution in [0, 0.1) is 12.3 Å². The molecule has 10 heteroatoms. The Kier molecular flexibility index (Phi) is 10.7. The number of benzene rings is 1. The van der Waals surface area contributed by atoms with Crippen LogP contribution >= 0.6 is 0 Å². The number of nitrogens with zero attached hydrogens (tertiary/aromatic N) is 4. The molecule has 1 amide bonds. The van der Waals surface area contributed by atoms with Crippen molar-refractivity contribution in [2.24, 2.45) is 5.41 Å². The number of amides is 1. The predicted molar refractivity (Wildman–Crippen MR) is 150 cm³/mol. The molecule has 1 fully saturated rings. The third kappa shape index (κ3) is 7.90. The maximum atomic E-state index is 12.0. The first-order chi connectivity index (χ1) is 17.8. The van der Waals surface area contributed by atoms with Crippen LogP contribution in [0.25, 0.3) is 5.69 Å². The molecule has 3 heterocycles. The zero-order chi connectivity index (χ0) is 26.8. The molecule has 2 aliphatic rings. The van der Waals surface area contributed by atoms with Gasteiger partial charge in [0, 0.05) is 40.5 Å². The average molecular weight is 520 g/mol. The lowest BCUT2D eigenvalue weighted by Crippen LogP contribution is -2.38. The quantitative estimate of drug-likeness (QED) is 0.408. The first-order valence-electron chi connectivity index (χ1n) is 13.6. The Morgan fingerprint density at radius 2 is 1.92 bits per heavy atom. The number of fused-ring (bicyclic) bond motifs is 3. The summed E-state index contributed by atoms with van der Waals surface area (Å²) in [5.74, 6) is 2.62. The minimum absolute atomic E-state index is 0. The number of anilines is 1. The second kappa shape index (κ2) is 13.7. The zero-order valence-corrected chi connectivity index (χ0v) is 23.4. The highest BCUT2D eigenvalue weighted by Crippen LogP contribution is 2.34. The summed E-state index contributed by atoms with van der Waals surface area (Å²) in [5, 5.41) is 18.8. The molecule has 2 aliphatic heterocycles. The van der Waals surface area contributed by atoms with Crippen LogP contribution in [0.4, 0.5) is 5.69 Å². The highest BCUT2D eigenvalue weighted by Gasteiger charge is 2.28. The number of hydrogen-bond donors (Lipinski definition) is 3. The summed E-state index contributed by atoms with van der Waals surface area (Å²) in [5.41, 5.74) is 1.65. The van der Waals surface area contributed by atoms with Crippen molar-refractivity contribution in [3.05, 3.63) is 29.8 Å². The van der Waals surface area contributed by atoms with Gasteiger partial charge in [-0.25, -0.2) is 0 Å². The normalized spacial score (nSPS) is 17.1. The van der Waals surface area contributed by atoms with Gasteiger partial charge in [0.2, 0.25) is 5.91 Å². The number of morpholine rings is 1. The lowest BCUT2D eigenvalue weighted by molar-refractivity contribution is -0.128. The van der Waals surface area contributed by atoms with E-state index >= 15 is 0 Å². The van der Waals surface area contributed by atoms with E-state index in [9.17, 15) is 4.79 Å². The van der Waals surface area contributed by atoms with Crippen LogP contribution in [-0.2, 0) is 9.53 Å². The monoisotopic (exact) mass is 519 g/mol. The number of aromatic nitrogens is 3. The van der Waals surface area contributed by atoms with E-state index in [1.807, 2.05) is 53.7 Å². The molecule has 1 saturated heterocycles. The molecule has 0 aliphatic carbocycles. The van der Waals surface area contributed by atoms with E-state index in [2.05, 4.69) is 41.7 Å². The first kappa shape index (κ1) is 28.9. The largest absolute Gasteiger partial charge is 0.492 e. The van der Waals surface area contributed by atoms with Gasteiger partial charge in [0.25, 0.3) is 0 Å². The Morgan fingerprint density at radius 3 is 2.65 bits per heavy atom. The fourth-order valence-corrected chi connectivity index (χ4v) is 4.22. The van der Waals surface area contributed by atoms with Gasteiger partial charge < -0.3 is 20.1 Å². The molecular formula is C27H49N7O3. The molecule has 1 atom stereocenters. The Morgan fingerprint density at radius 1 is 1.19 bits per heavy atom. The van der Waals surface area contributed by atoms with E-state index in [0.717, 1.165) is 81.0 Å². The molecule has 10 nitrogen and oxygen atoms in total. The van der Waals surface area contributed by atoms with E-state index in [1.165, 1.54) is 0 Å². The maximum Gasteiger partial charge on any atom is 0.225 e. The van der Waals surface area contributed by atoms with Crippen molar-refractivity contribution in [1.82, 2.24) is 30.3 Å². The topological polar surface area (TPSA) is 106 Å². The zero-order valence-electron chi connectivity index (χ0n) is 23.4. The number of aryl methyl sites for hydroxylation is 1. The van der Waals surface area contributed by atoms with Crippen molar-refractivity contribution in [2.75, 3.05) is 57.9 Å². The molecule has 0 spiro atoms. The fraction of sp³-hybridized carbons (Fsp3) is 0.667. The van der Waals surface area contributed by atoms with E-state index in [4.69, 9.17) is 9.47 Å². The van der Waals surface area contributed by atoms with Gasteiger partial charge in [0.15, 0.2) is 5.82 Å². The van der Waals surface area contributed by atoms with E-state index in [0.29, 0.717) is 13.2 Å². The predicted octanol–water partition coefficient (Wildman–Crippen LogP) is 3.76. The molecule has 3 N–H and O–H groups in total. The van der Waals surface area contributed by atoms with Crippen molar-refractivity contribution in [1.29, 1.82) is 0 Å². The second-order valence-corrected chi connectivity index (χ2v) is 10.2. The van der Waals surface area contributed by atoms with Crippen LogP contribution in [-0.4, -0.2) is 78.1 Å². The molecule has 0 bridgehead atoms. The highest BCUT2D eigenvalue weighted by molar-refractivity contribution is 5.81. The van der Waals surface area contributed by atoms with Crippen LogP contribution in [0.2, 0.25) is 0 Å². The average Bonchev–Trinajstić information content (AvgIpc) is 3.29. The van der Waals surface area contributed by atoms with Crippen molar-refractivity contribution in [2.45, 2.75) is 60.5 Å². The molecule has 210 valence electrons. The SMILES string of the molecule is CC.Cc1nnc2n1-c1ccc(OCCN3CCOCC3)cc1NC2NCCCCNC(=O)C(C)(C)C.[HH].[HH]. The van der Waals surface area contributed by atoms with E-state index in [1.54, 1.807) is 0 Å². The molecule has 1 unspecified atom stereocenters. The van der Waals surface area contributed by atoms with Crippen LogP contribution in [0.3, 0.4) is 0 Å². The Bertz CT molecular complexity index is 1010. The number of carbonyl (C=O) groups excluding carboxylic acids is 1. The summed E-state index contributed by atoms with van der Waals surface area (Å²) in [6.07, 6.45) is 1.69. The van der Waals surface area contributed by atoms with Crippen molar-refractivity contribution < 1.29 is 17.1 Å². The number of rotatable bonds is 10. The standard InChI is InChI=1S/C25H39N7O3.C2H6.2H2/c1-18-29-30-23-22(26-9-5-6-10-27-24(33)25(2,3)4)28-20-17-19(7-8-21(20)32(18)23)35-16-13-31-11-14-34-15-12-31;1-2;;/h7-8,17,22,26,28H,5-6,9-16H2,1-4H3,(H,27,33);1-2H3;2*1H. The minimum Gasteiger partial charge on any atom is -0.492 e. The van der Waals surface area contributed by atoms with Crippen LogP contribution in [0.5, 0.6) is 5.75 Å². The van der Waals surface area contributed by atoms with Crippen molar-refractivity contribution >= 4 is 11.6 Å². The van der Waals surface area contributed by atoms with Gasteiger partial charge in [0.1, 0.15) is 24.3 Å². The lowest BCUT2D eigenvalue weighted by Gasteiger charge is -2.29. The van der Waals surface area contributed by atoms with Gasteiger partial charge >= 0.3 is 0 Å². The fourth-order valence-electron chi connectivity index (χ4n) is 4.22. The van der Waals surface area contributed by atoms with Crippen molar-refractivity contribution in [3.63, 3.8) is 0 Å². The summed E-state index contributed by atoms with van der Waals surface area (Å²) >= 11 is 0. The maximum absolute atomic E-state index is 12.0. The molecule has 37 heavy (non-hydrogen) atoms. The van der Waals surface area contributed by atoms with Crippen LogP contribution < -0.4 is 20.7 Å². The summed E-state index contributed by atoms with van der Waals surface area (Å²) in [6.45, 7) is 18.3. The molecule has 4 rings (SSSR count). The van der Waals surface area contributed by atoms with Gasteiger partial charge in [-0.05, 0) is 38.4 Å². The number of carbonyl (C=O) groups is 1. The Labute approximate surface area is 224 Å². The number of unbranched alkanes of at least 4 members (excludes halogenated alkanes) is 1. The number of nitrogens with one attached hydrogen (secondary N) is 3. The minimum atomic E-state index is -0.356. The Balaban J connectivity index is 0.00000186. The van der Waals surface area contributed by atoms with Gasteiger partial charge in [-0.3, -0.25) is 19.6 Å². The molecule has 1 aromatic carbocycles. The first-order valence-corrected chi connectivity index (χ1v) is 13.6. The Hall–Kier alpha value is -2.69. The molecule has 2 aromatic rings. The third-order valence-corrected chi connectivity index (χ3v) is 6.32. The summed E-state index contributed by atoms with van der Waals surface area (Å²) < 4.78 is 13.6. The molecular weight excluding hydrogens is 470 g/mol. The van der Waals surface area contributed by atoms with Crippen LogP contribution in [0.15, 0.2) is 18.2 Å². The summed E-state index contributed by atoms with van der Waals surface area (Å²) in [7, 11) is 0. The van der Waals surface area contributed by atoms with Gasteiger partial charge in [-0.15, -0.1) is 10.2 Å². The van der Waals surface area contributed by atoms with E-state index in [-0.39, 0.29) is 20.3 Å². The summed E-state index contributed by atoms with van der Waals surface area (Å²) in [4.78, 5) is 14.4. The number of hydrogen-bond acceptors (Lipinski definition) is 8. The van der Waals surface area contributed by atoms with Gasteiger partial charge in [-0.2, -0.15) is 0 Å². The van der Waals surface area contributed by atoms with Gasteiger partial charge in [-0.1, -0.05) is 34.6 Å². The second-order valence-electron chi connectivity index (χ2n) is 10.2. The molecule has 1 aromatic heterocycles. The van der Waals surface area contributed by atoms with E-state index < -0.39 is 0 Å². The highest BCUT2D eigenvalue weighted by atomic mass is 16.5. The van der Waals surface area contributed by atoms with Gasteiger partial charge in [0.05, 0.1) is 24.6 Å². The molecule has 0 radical (unpaired) electrons. The smallest absolute Gasteiger partial charge is 0.225 e. The number of ether oxygens (including phenoxy) is 2. The van der Waals surface area contributed by atoms with Crippen molar-refractivity contribution in [3.8, 4) is 11.4 Å². The van der Waals surface area contributed by atoms with Crippen LogP contribution in [0.1, 0.15) is 68.1 Å².